The van der Waals surface area contributed by atoms with Crippen LogP contribution in [0.1, 0.15) is 17.3 Å². The van der Waals surface area contributed by atoms with Crippen LogP contribution in [0.5, 0.6) is 0 Å². The van der Waals surface area contributed by atoms with E-state index >= 15 is 0 Å². The predicted octanol–water partition coefficient (Wildman–Crippen LogP) is -0.553. The molecule has 3 rings (SSSR count). The van der Waals surface area contributed by atoms with Gasteiger partial charge >= 0.3 is 16.4 Å². The largest absolute Gasteiger partial charge is 0.418 e. The van der Waals surface area contributed by atoms with Crippen LogP contribution in [0.3, 0.4) is 0 Å². The summed E-state index contributed by atoms with van der Waals surface area (Å²) < 4.78 is 36.1. The van der Waals surface area contributed by atoms with E-state index in [1.807, 2.05) is 0 Å². The van der Waals surface area contributed by atoms with E-state index in [0.29, 0.717) is 18.2 Å². The first-order chi connectivity index (χ1) is 8.37. The Hall–Kier alpha value is -1.65. The number of hydrogen-bond acceptors (Lipinski definition) is 5. The van der Waals surface area contributed by atoms with Crippen molar-refractivity contribution in [2.24, 2.45) is 7.05 Å². The van der Waals surface area contributed by atoms with Gasteiger partial charge in [0.15, 0.2) is 0 Å². The molecule has 0 aromatic carbocycles. The summed E-state index contributed by atoms with van der Waals surface area (Å²) in [5, 5.41) is 4.73. The van der Waals surface area contributed by atoms with Crippen LogP contribution in [-0.2, 0) is 28.3 Å². The molecule has 0 spiro atoms. The van der Waals surface area contributed by atoms with E-state index < -0.39 is 22.5 Å². The number of amides is 2. The SMILES string of the molecule is Cn1ncc2c1CN1CC2N(OS(=O)(=O)O)C1=O. The number of fused-ring (bicyclic) bond motifs is 4. The molecule has 1 unspecified atom stereocenters. The Bertz CT molecular complexity index is 623. The molecule has 10 heteroatoms. The molecule has 1 fully saturated rings. The summed E-state index contributed by atoms with van der Waals surface area (Å²) in [6.07, 6.45) is 1.57. The van der Waals surface area contributed by atoms with Crippen molar-refractivity contribution in [3.63, 3.8) is 0 Å². The molecule has 98 valence electrons. The second-order valence-corrected chi connectivity index (χ2v) is 5.18. The van der Waals surface area contributed by atoms with E-state index in [1.165, 1.54) is 4.90 Å². The summed E-state index contributed by atoms with van der Waals surface area (Å²) >= 11 is 0. The number of rotatable bonds is 2. The van der Waals surface area contributed by atoms with Gasteiger partial charge in [-0.3, -0.25) is 9.23 Å². The Labute approximate surface area is 102 Å². The molecule has 1 N–H and O–H groups in total. The molecular formula is C8H10N4O5S. The quantitative estimate of drug-likeness (QED) is 0.725. The van der Waals surface area contributed by atoms with Crippen molar-refractivity contribution in [1.82, 2.24) is 19.7 Å². The lowest BCUT2D eigenvalue weighted by Crippen LogP contribution is -2.32. The second-order valence-electron chi connectivity index (χ2n) is 4.18. The first-order valence-corrected chi connectivity index (χ1v) is 6.49. The molecular weight excluding hydrogens is 264 g/mol. The first-order valence-electron chi connectivity index (χ1n) is 5.13. The average molecular weight is 274 g/mol. The van der Waals surface area contributed by atoms with Crippen LogP contribution in [-0.4, -0.2) is 45.3 Å². The number of hydrogen-bond donors (Lipinski definition) is 1. The molecule has 1 atom stereocenters. The summed E-state index contributed by atoms with van der Waals surface area (Å²) in [4.78, 5) is 13.3. The highest BCUT2D eigenvalue weighted by atomic mass is 32.3. The monoisotopic (exact) mass is 274 g/mol. The van der Waals surface area contributed by atoms with Crippen molar-refractivity contribution in [3.8, 4) is 0 Å². The van der Waals surface area contributed by atoms with Gasteiger partial charge in [0, 0.05) is 12.6 Å². The molecule has 2 bridgehead atoms. The smallest absolute Gasteiger partial charge is 0.314 e. The summed E-state index contributed by atoms with van der Waals surface area (Å²) in [5.41, 5.74) is 1.55. The standard InChI is InChI=1S/C8H10N4O5S/c1-10-6-3-11-4-7(5(6)2-9-10)12(8(11)13)17-18(14,15)16/h2,7H,3-4H2,1H3,(H,14,15,16). The van der Waals surface area contributed by atoms with Gasteiger partial charge in [-0.25, -0.2) is 4.79 Å². The van der Waals surface area contributed by atoms with Crippen LogP contribution in [0.25, 0.3) is 0 Å². The van der Waals surface area contributed by atoms with Crippen molar-refractivity contribution in [3.05, 3.63) is 17.5 Å². The topological polar surface area (TPSA) is 105 Å². The Morgan fingerprint density at radius 1 is 1.56 bits per heavy atom. The van der Waals surface area contributed by atoms with Crippen molar-refractivity contribution in [2.45, 2.75) is 12.6 Å². The lowest BCUT2D eigenvalue weighted by atomic mass is 10.1. The summed E-state index contributed by atoms with van der Waals surface area (Å²) in [6, 6.07) is -1.16. The van der Waals surface area contributed by atoms with Gasteiger partial charge in [0.05, 0.1) is 25.0 Å². The van der Waals surface area contributed by atoms with E-state index in [9.17, 15) is 13.2 Å². The number of hydroxylamine groups is 2. The molecule has 1 saturated heterocycles. The average Bonchev–Trinajstić information content (AvgIpc) is 2.74. The fourth-order valence-electron chi connectivity index (χ4n) is 2.31. The van der Waals surface area contributed by atoms with E-state index in [4.69, 9.17) is 4.55 Å². The number of carbonyl (C=O) groups excluding carboxylic acids is 1. The fraction of sp³-hybridized carbons (Fsp3) is 0.500. The van der Waals surface area contributed by atoms with Crippen molar-refractivity contribution >= 4 is 16.4 Å². The second kappa shape index (κ2) is 3.43. The Morgan fingerprint density at radius 2 is 2.28 bits per heavy atom. The zero-order chi connectivity index (χ0) is 13.1. The number of aromatic nitrogens is 2. The van der Waals surface area contributed by atoms with Crippen LogP contribution in [0, 0.1) is 0 Å². The Morgan fingerprint density at radius 3 is 2.94 bits per heavy atom. The summed E-state index contributed by atoms with van der Waals surface area (Å²) in [7, 11) is -2.98. The van der Waals surface area contributed by atoms with Gasteiger partial charge in [-0.1, -0.05) is 0 Å². The third-order valence-electron chi connectivity index (χ3n) is 3.10. The van der Waals surface area contributed by atoms with Gasteiger partial charge in [-0.15, -0.1) is 4.28 Å². The van der Waals surface area contributed by atoms with Gasteiger partial charge in [-0.2, -0.15) is 18.6 Å². The maximum Gasteiger partial charge on any atom is 0.418 e. The number of nitrogens with zero attached hydrogens (tertiary/aromatic N) is 4. The van der Waals surface area contributed by atoms with E-state index in [0.717, 1.165) is 11.3 Å². The van der Waals surface area contributed by atoms with Crippen LogP contribution in [0.2, 0.25) is 0 Å². The zero-order valence-corrected chi connectivity index (χ0v) is 10.2. The van der Waals surface area contributed by atoms with E-state index in [1.54, 1.807) is 17.9 Å². The van der Waals surface area contributed by atoms with E-state index in [2.05, 4.69) is 9.38 Å². The molecule has 0 radical (unpaired) electrons. The normalized spacial score (nSPS) is 22.6. The van der Waals surface area contributed by atoms with Crippen LogP contribution >= 0.6 is 0 Å². The van der Waals surface area contributed by atoms with Gasteiger partial charge in [0.25, 0.3) is 0 Å². The third kappa shape index (κ3) is 1.57. The lowest BCUT2D eigenvalue weighted by Gasteiger charge is -2.21. The molecule has 0 saturated carbocycles. The highest BCUT2D eigenvalue weighted by Crippen LogP contribution is 2.37. The van der Waals surface area contributed by atoms with Gasteiger partial charge in [0.2, 0.25) is 0 Å². The van der Waals surface area contributed by atoms with Crippen molar-refractivity contribution < 1.29 is 22.0 Å². The highest BCUT2D eigenvalue weighted by Gasteiger charge is 2.47. The fourth-order valence-corrected chi connectivity index (χ4v) is 2.68. The highest BCUT2D eigenvalue weighted by molar-refractivity contribution is 7.80. The molecule has 1 aromatic rings. The number of urea groups is 1. The first kappa shape index (κ1) is 11.4. The Balaban J connectivity index is 2.02. The summed E-state index contributed by atoms with van der Waals surface area (Å²) in [5.74, 6) is 0. The van der Waals surface area contributed by atoms with Crippen LogP contribution in [0.15, 0.2) is 6.20 Å². The molecule has 0 aliphatic carbocycles. The van der Waals surface area contributed by atoms with Gasteiger partial charge in [-0.05, 0) is 0 Å². The zero-order valence-electron chi connectivity index (χ0n) is 9.35. The predicted molar refractivity (Wildman–Crippen MR) is 56.2 cm³/mol. The maximum atomic E-state index is 11.9. The van der Waals surface area contributed by atoms with Crippen molar-refractivity contribution in [1.29, 1.82) is 0 Å². The minimum absolute atomic E-state index is 0.313. The molecule has 2 aliphatic rings. The van der Waals surface area contributed by atoms with E-state index in [-0.39, 0.29) is 0 Å². The third-order valence-corrected chi connectivity index (χ3v) is 3.45. The molecule has 2 aliphatic heterocycles. The minimum Gasteiger partial charge on any atom is -0.314 e. The van der Waals surface area contributed by atoms with Crippen LogP contribution in [0.4, 0.5) is 4.79 Å². The minimum atomic E-state index is -4.72. The molecule has 3 heterocycles. The Kier molecular flexibility index (Phi) is 2.18. The summed E-state index contributed by atoms with van der Waals surface area (Å²) in [6.45, 7) is 0.652. The van der Waals surface area contributed by atoms with Gasteiger partial charge in [0.1, 0.15) is 6.04 Å². The number of aryl methyl sites for hydroxylation is 1. The molecule has 1 aromatic heterocycles. The van der Waals surface area contributed by atoms with Gasteiger partial charge < -0.3 is 4.90 Å². The maximum absolute atomic E-state index is 11.9. The molecule has 9 nitrogen and oxygen atoms in total. The van der Waals surface area contributed by atoms with Crippen molar-refractivity contribution in [2.75, 3.05) is 6.54 Å². The lowest BCUT2D eigenvalue weighted by molar-refractivity contribution is -0.0316. The molecule has 18 heavy (non-hydrogen) atoms. The molecule has 2 amide bonds. The number of carbonyl (C=O) groups is 1. The van der Waals surface area contributed by atoms with Crippen LogP contribution < -0.4 is 0 Å².